The van der Waals surface area contributed by atoms with Gasteiger partial charge in [0, 0.05) is 7.60 Å². The van der Waals surface area contributed by atoms with Gasteiger partial charge in [-0.2, -0.15) is 0 Å². The molecule has 0 bridgehead atoms. The number of carbonyl (C=O) groups is 1. The predicted molar refractivity (Wildman–Crippen MR) is 82.9 cm³/mol. The van der Waals surface area contributed by atoms with E-state index in [-0.39, 0.29) is 1.43 Å². The maximum Gasteiger partial charge on any atom is 1.00 e. The van der Waals surface area contributed by atoms with E-state index >= 15 is 0 Å². The van der Waals surface area contributed by atoms with Crippen LogP contribution >= 0.6 is 7.60 Å². The van der Waals surface area contributed by atoms with Gasteiger partial charge >= 0.3 is 1.43 Å². The Bertz CT molecular complexity index is 276. The van der Waals surface area contributed by atoms with Crippen molar-refractivity contribution in [1.82, 2.24) is 0 Å². The van der Waals surface area contributed by atoms with Gasteiger partial charge in [-0.25, -0.2) is 0 Å². The molecule has 4 N–H and O–H groups in total. The van der Waals surface area contributed by atoms with Gasteiger partial charge < -0.3 is 25.4 Å². The largest absolute Gasteiger partial charge is 1.00 e. The molecule has 0 aromatic rings. The van der Waals surface area contributed by atoms with Crippen LogP contribution in [0.15, 0.2) is 0 Å². The lowest BCUT2D eigenvalue weighted by Crippen LogP contribution is -2.79. The Hall–Kier alpha value is -0.420. The molecule has 0 aliphatic rings. The SMILES string of the molecule is CCCCCCCCCCCC[NH2+]C.NC(=O)P(=O)([O-])[O-].[H+]. The highest BCUT2D eigenvalue weighted by atomic mass is 31.2. The zero-order valence-corrected chi connectivity index (χ0v) is 14.4. The van der Waals surface area contributed by atoms with Gasteiger partial charge in [0.05, 0.1) is 13.6 Å². The van der Waals surface area contributed by atoms with Crippen LogP contribution in [0.5, 0.6) is 0 Å². The lowest BCUT2D eigenvalue weighted by molar-refractivity contribution is -0.627. The van der Waals surface area contributed by atoms with E-state index < -0.39 is 13.2 Å². The lowest BCUT2D eigenvalue weighted by atomic mass is 10.1. The Morgan fingerprint density at radius 3 is 1.62 bits per heavy atom. The van der Waals surface area contributed by atoms with Crippen LogP contribution in [-0.4, -0.2) is 19.2 Å². The van der Waals surface area contributed by atoms with Crippen molar-refractivity contribution in [1.29, 1.82) is 0 Å². The standard InChI is InChI=1S/C13H29N.CH4NO4P/c1-3-4-5-6-7-8-9-10-11-12-13-14-2;2-1(3)7(4,5)6/h14H,3-13H2,1-2H3;(H2,2,3)(H2,4,5,6). The summed E-state index contributed by atoms with van der Waals surface area (Å²) in [7, 11) is -2.94. The number of carbonyl (C=O) groups excluding carboxylic acids is 1. The first-order chi connectivity index (χ1) is 9.86. The van der Waals surface area contributed by atoms with Crippen LogP contribution in [0.1, 0.15) is 72.6 Å². The molecule has 0 aromatic carbocycles. The molecule has 0 aromatic heterocycles. The van der Waals surface area contributed by atoms with Crippen molar-refractivity contribution in [3.8, 4) is 0 Å². The lowest BCUT2D eigenvalue weighted by Gasteiger charge is -2.23. The van der Waals surface area contributed by atoms with E-state index in [0.717, 1.165) is 0 Å². The van der Waals surface area contributed by atoms with E-state index in [2.05, 4.69) is 25.0 Å². The molecule has 7 heteroatoms. The Morgan fingerprint density at radius 2 is 1.33 bits per heavy atom. The van der Waals surface area contributed by atoms with E-state index in [9.17, 15) is 19.1 Å². The summed E-state index contributed by atoms with van der Waals surface area (Å²) in [6.45, 7) is 3.60. The number of rotatable bonds is 12. The summed E-state index contributed by atoms with van der Waals surface area (Å²) in [6, 6.07) is 0. The summed E-state index contributed by atoms with van der Waals surface area (Å²) in [6.07, 6.45) is 14.5. The molecule has 0 aliphatic heterocycles. The topological polar surface area (TPSA) is 123 Å². The van der Waals surface area contributed by atoms with E-state index in [1.165, 1.54) is 70.8 Å². The Balaban J connectivity index is -0.000000385. The second kappa shape index (κ2) is 16.0. The average Bonchev–Trinajstić information content (AvgIpc) is 2.40. The summed E-state index contributed by atoms with van der Waals surface area (Å²) in [5.74, 6) is 0. The summed E-state index contributed by atoms with van der Waals surface area (Å²) in [4.78, 5) is 28.0. The molecular weight excluding hydrogens is 291 g/mol. The summed E-state index contributed by atoms with van der Waals surface area (Å²) in [5, 5.41) is 2.28. The Kier molecular flexibility index (Phi) is 17.4. The third-order valence-corrected chi connectivity index (χ3v) is 3.66. The van der Waals surface area contributed by atoms with Gasteiger partial charge in [0.15, 0.2) is 0 Å². The average molecular weight is 324 g/mol. The number of nitrogens with two attached hydrogens (primary N) is 2. The van der Waals surface area contributed by atoms with E-state index in [1.807, 2.05) is 0 Å². The van der Waals surface area contributed by atoms with Crippen molar-refractivity contribution in [2.24, 2.45) is 5.73 Å². The van der Waals surface area contributed by atoms with Crippen LogP contribution < -0.4 is 20.8 Å². The van der Waals surface area contributed by atoms with Gasteiger partial charge in [0.1, 0.15) is 0 Å². The monoisotopic (exact) mass is 324 g/mol. The second-order valence-corrected chi connectivity index (χ2v) is 6.65. The van der Waals surface area contributed by atoms with Gasteiger partial charge in [-0.05, 0) is 12.8 Å². The summed E-state index contributed by atoms with van der Waals surface area (Å²) >= 11 is 0. The van der Waals surface area contributed by atoms with Crippen molar-refractivity contribution in [3.05, 3.63) is 0 Å². The van der Waals surface area contributed by atoms with Crippen molar-refractivity contribution in [3.63, 3.8) is 0 Å². The van der Waals surface area contributed by atoms with Gasteiger partial charge in [-0.1, -0.05) is 58.3 Å². The minimum atomic E-state index is -5.10. The highest BCUT2D eigenvalue weighted by Gasteiger charge is 1.94. The fraction of sp³-hybridized carbons (Fsp3) is 0.929. The number of quaternary nitrogens is 1. The first-order valence-corrected chi connectivity index (χ1v) is 9.50. The van der Waals surface area contributed by atoms with E-state index in [4.69, 9.17) is 0 Å². The smallest absolute Gasteiger partial charge is 0.804 e. The summed E-state index contributed by atoms with van der Waals surface area (Å²) < 4.78 is 9.33. The zero-order valence-electron chi connectivity index (χ0n) is 14.5. The molecule has 0 saturated carbocycles. The van der Waals surface area contributed by atoms with Crippen molar-refractivity contribution < 1.29 is 25.9 Å². The molecule has 0 saturated heterocycles. The fourth-order valence-electron chi connectivity index (χ4n) is 1.84. The third kappa shape index (κ3) is 22.0. The predicted octanol–water partition coefficient (Wildman–Crippen LogP) is 1.19. The van der Waals surface area contributed by atoms with Crippen LogP contribution in [0.4, 0.5) is 4.79 Å². The molecule has 0 radical (unpaired) electrons. The van der Waals surface area contributed by atoms with Crippen LogP contribution in [0.2, 0.25) is 0 Å². The Morgan fingerprint density at radius 1 is 1.00 bits per heavy atom. The minimum Gasteiger partial charge on any atom is -0.804 e. The molecule has 0 atom stereocenters. The zero-order chi connectivity index (χ0) is 16.6. The van der Waals surface area contributed by atoms with Crippen molar-refractivity contribution >= 4 is 13.2 Å². The first-order valence-electron chi connectivity index (χ1n) is 7.96. The number of primary amides is 1. The highest BCUT2D eigenvalue weighted by molar-refractivity contribution is 7.67. The number of hydrogen-bond donors (Lipinski definition) is 2. The van der Waals surface area contributed by atoms with Crippen molar-refractivity contribution in [2.75, 3.05) is 13.6 Å². The molecule has 0 fully saturated rings. The normalized spacial score (nSPS) is 10.9. The van der Waals surface area contributed by atoms with Crippen LogP contribution in [0, 0.1) is 0 Å². The number of hydrogen-bond acceptors (Lipinski definition) is 4. The number of unbranched alkanes of at least 4 members (excludes halogenated alkanes) is 9. The van der Waals surface area contributed by atoms with Gasteiger partial charge in [-0.15, -0.1) is 0 Å². The van der Waals surface area contributed by atoms with Crippen LogP contribution in [-0.2, 0) is 4.57 Å². The quantitative estimate of drug-likeness (QED) is 0.413. The first kappa shape index (κ1) is 22.9. The molecule has 0 heterocycles. The molecule has 0 unspecified atom stereocenters. The van der Waals surface area contributed by atoms with Gasteiger partial charge in [-0.3, -0.25) is 4.79 Å². The van der Waals surface area contributed by atoms with Gasteiger partial charge in [0.2, 0.25) is 5.65 Å². The molecule has 0 rings (SSSR count). The van der Waals surface area contributed by atoms with Crippen LogP contribution in [0.25, 0.3) is 0 Å². The molecule has 0 spiro atoms. The highest BCUT2D eigenvalue weighted by Crippen LogP contribution is 2.20. The maximum absolute atomic E-state index is 9.35. The van der Waals surface area contributed by atoms with Gasteiger partial charge in [0.25, 0.3) is 0 Å². The fourth-order valence-corrected chi connectivity index (χ4v) is 1.84. The summed E-state index contributed by atoms with van der Waals surface area (Å²) in [5.41, 5.74) is 2.23. The molecule has 1 amide bonds. The molecular formula is C14H33N2O4P. The van der Waals surface area contributed by atoms with E-state index in [0.29, 0.717) is 0 Å². The molecule has 128 valence electrons. The molecule has 21 heavy (non-hydrogen) atoms. The second-order valence-electron chi connectivity index (χ2n) is 5.21. The molecule has 0 aliphatic carbocycles. The van der Waals surface area contributed by atoms with Crippen LogP contribution in [0.3, 0.4) is 0 Å². The van der Waals surface area contributed by atoms with Crippen molar-refractivity contribution in [2.45, 2.75) is 71.1 Å². The third-order valence-electron chi connectivity index (χ3n) is 3.12. The molecule has 6 nitrogen and oxygen atoms in total. The minimum absolute atomic E-state index is 0. The maximum atomic E-state index is 9.35. The Labute approximate surface area is 130 Å². The van der Waals surface area contributed by atoms with E-state index in [1.54, 1.807) is 0 Å². The number of amides is 1.